The zero-order valence-corrected chi connectivity index (χ0v) is 14.0. The first-order chi connectivity index (χ1) is 10.3. The third kappa shape index (κ3) is 2.95. The van der Waals surface area contributed by atoms with Crippen LogP contribution in [0.1, 0.15) is 34.1 Å². The van der Waals surface area contributed by atoms with Gasteiger partial charge in [-0.15, -0.1) is 0 Å². The average molecular weight is 311 g/mol. The van der Waals surface area contributed by atoms with Crippen LogP contribution in [0, 0.1) is 5.92 Å². The van der Waals surface area contributed by atoms with Crippen molar-refractivity contribution >= 4 is 17.5 Å². The molecule has 0 unspecified atom stereocenters. The Bertz CT molecular complexity index is 511. The summed E-state index contributed by atoms with van der Waals surface area (Å²) in [6.45, 7) is 7.59. The van der Waals surface area contributed by atoms with Crippen LogP contribution in [-0.4, -0.2) is 60.6 Å². The van der Waals surface area contributed by atoms with E-state index < -0.39 is 17.7 Å². The van der Waals surface area contributed by atoms with E-state index in [-0.39, 0.29) is 12.0 Å². The Morgan fingerprint density at radius 2 is 1.86 bits per heavy atom. The number of oxime groups is 1. The molecule has 0 radical (unpaired) electrons. The highest BCUT2D eigenvalue weighted by Gasteiger charge is 2.49. The van der Waals surface area contributed by atoms with Crippen LogP contribution in [0.5, 0.6) is 0 Å². The summed E-state index contributed by atoms with van der Waals surface area (Å²) in [5.41, 5.74) is -0.463. The molecular formula is C15H25N3O4. The lowest BCUT2D eigenvalue weighted by Crippen LogP contribution is -2.55. The van der Waals surface area contributed by atoms with Crippen LogP contribution in [0.15, 0.2) is 15.1 Å². The highest BCUT2D eigenvalue weighted by Crippen LogP contribution is 2.31. The lowest BCUT2D eigenvalue weighted by molar-refractivity contribution is -0.0893. The van der Waals surface area contributed by atoms with Crippen LogP contribution < -0.4 is 0 Å². The number of hydrogen-bond acceptors (Lipinski definition) is 7. The second-order valence-corrected chi connectivity index (χ2v) is 6.28. The summed E-state index contributed by atoms with van der Waals surface area (Å²) in [6, 6.07) is -0.900. The van der Waals surface area contributed by atoms with Crippen LogP contribution in [0.4, 0.5) is 0 Å². The second-order valence-electron chi connectivity index (χ2n) is 6.28. The normalized spacial score (nSPS) is 30.9. The van der Waals surface area contributed by atoms with Crippen molar-refractivity contribution in [3.8, 4) is 0 Å². The van der Waals surface area contributed by atoms with E-state index in [1.54, 1.807) is 14.0 Å². The molecule has 0 fully saturated rings. The van der Waals surface area contributed by atoms with E-state index in [9.17, 15) is 5.11 Å². The topological polar surface area (TPSA) is 85.0 Å². The van der Waals surface area contributed by atoms with Crippen LogP contribution >= 0.6 is 0 Å². The molecular weight excluding hydrogens is 286 g/mol. The maximum Gasteiger partial charge on any atom is 0.212 e. The van der Waals surface area contributed by atoms with E-state index in [2.05, 4.69) is 15.1 Å². The lowest BCUT2D eigenvalue weighted by Gasteiger charge is -2.36. The van der Waals surface area contributed by atoms with Crippen molar-refractivity contribution in [1.82, 2.24) is 0 Å². The van der Waals surface area contributed by atoms with E-state index in [0.29, 0.717) is 18.2 Å². The Morgan fingerprint density at radius 1 is 1.23 bits per heavy atom. The monoisotopic (exact) mass is 311 g/mol. The van der Waals surface area contributed by atoms with Gasteiger partial charge in [-0.1, -0.05) is 19.0 Å². The molecule has 0 spiro atoms. The molecule has 2 aliphatic rings. The fraction of sp³-hybridized carbons (Fsp3) is 0.800. The van der Waals surface area contributed by atoms with Gasteiger partial charge in [-0.05, 0) is 19.8 Å². The van der Waals surface area contributed by atoms with Gasteiger partial charge in [0, 0.05) is 6.42 Å². The fourth-order valence-electron chi connectivity index (χ4n) is 2.66. The van der Waals surface area contributed by atoms with Gasteiger partial charge in [0.1, 0.15) is 11.6 Å². The van der Waals surface area contributed by atoms with Crippen molar-refractivity contribution in [1.29, 1.82) is 0 Å². The first kappa shape index (κ1) is 16.7. The number of aliphatic hydroxyl groups is 1. The summed E-state index contributed by atoms with van der Waals surface area (Å²) in [5.74, 6) is 1.09. The first-order valence-corrected chi connectivity index (χ1v) is 7.46. The molecule has 2 aliphatic heterocycles. The van der Waals surface area contributed by atoms with Gasteiger partial charge in [0.2, 0.25) is 11.8 Å². The Kier molecular flexibility index (Phi) is 4.75. The number of aliphatic imine (C=N–C) groups is 2. The van der Waals surface area contributed by atoms with Crippen molar-refractivity contribution in [3.63, 3.8) is 0 Å². The highest BCUT2D eigenvalue weighted by atomic mass is 16.7. The molecule has 22 heavy (non-hydrogen) atoms. The smallest absolute Gasteiger partial charge is 0.212 e. The number of ether oxygens (including phenoxy) is 2. The molecule has 0 bridgehead atoms. The molecule has 7 heteroatoms. The first-order valence-electron chi connectivity index (χ1n) is 7.46. The molecule has 0 aromatic carbocycles. The summed E-state index contributed by atoms with van der Waals surface area (Å²) in [5, 5.41) is 14.9. The summed E-state index contributed by atoms with van der Waals surface area (Å²) >= 11 is 0. The van der Waals surface area contributed by atoms with Crippen molar-refractivity contribution in [2.45, 2.75) is 57.9 Å². The maximum absolute atomic E-state index is 11.0. The van der Waals surface area contributed by atoms with Gasteiger partial charge in [-0.25, -0.2) is 9.98 Å². The Hall–Kier alpha value is -1.63. The molecule has 0 aliphatic carbocycles. The summed E-state index contributed by atoms with van der Waals surface area (Å²) in [6.07, 6.45) is 0.0571. The summed E-state index contributed by atoms with van der Waals surface area (Å²) in [7, 11) is 3.09. The zero-order valence-electron chi connectivity index (χ0n) is 14.0. The molecule has 1 N–H and O–H groups in total. The summed E-state index contributed by atoms with van der Waals surface area (Å²) in [4.78, 5) is 14.5. The fourth-order valence-corrected chi connectivity index (χ4v) is 2.66. The van der Waals surface area contributed by atoms with E-state index in [0.717, 1.165) is 5.71 Å². The predicted molar refractivity (Wildman–Crippen MR) is 84.5 cm³/mol. The lowest BCUT2D eigenvalue weighted by atomic mass is 9.86. The third-order valence-corrected chi connectivity index (χ3v) is 4.08. The molecule has 0 aromatic rings. The number of methoxy groups -OCH3 is 2. The molecule has 4 atom stereocenters. The standard InChI is InChI=1S/C15H25N3O4/c1-8(2)11-13(20-5)17-12(14(16-11)21-6)15(4,19)10-7-9(3)18-22-10/h8,10-12,19H,7H2,1-6H3/t10-,11+,12+,15+/m0/s1. The number of nitrogens with zero attached hydrogens (tertiary/aromatic N) is 3. The Morgan fingerprint density at radius 3 is 2.32 bits per heavy atom. The largest absolute Gasteiger partial charge is 0.483 e. The molecule has 0 aromatic heterocycles. The third-order valence-electron chi connectivity index (χ3n) is 4.08. The van der Waals surface area contributed by atoms with Gasteiger partial charge in [0.25, 0.3) is 0 Å². The van der Waals surface area contributed by atoms with Crippen molar-refractivity contribution < 1.29 is 19.4 Å². The second kappa shape index (κ2) is 6.24. The minimum absolute atomic E-state index is 0.211. The van der Waals surface area contributed by atoms with Gasteiger partial charge < -0.3 is 19.4 Å². The van der Waals surface area contributed by atoms with Gasteiger partial charge in [-0.2, -0.15) is 0 Å². The Labute approximate surface area is 131 Å². The average Bonchev–Trinajstić information content (AvgIpc) is 2.92. The number of hydrogen-bond donors (Lipinski definition) is 1. The van der Waals surface area contributed by atoms with Gasteiger partial charge in [-0.3, -0.25) is 0 Å². The zero-order chi connectivity index (χ0) is 16.5. The van der Waals surface area contributed by atoms with Crippen molar-refractivity contribution in [2.24, 2.45) is 21.1 Å². The van der Waals surface area contributed by atoms with Crippen molar-refractivity contribution in [2.75, 3.05) is 14.2 Å². The quantitative estimate of drug-likeness (QED) is 0.853. The van der Waals surface area contributed by atoms with Gasteiger partial charge in [0.05, 0.1) is 19.9 Å². The Balaban J connectivity index is 2.32. The van der Waals surface area contributed by atoms with Crippen LogP contribution in [0.2, 0.25) is 0 Å². The minimum Gasteiger partial charge on any atom is -0.483 e. The molecule has 2 heterocycles. The molecule has 124 valence electrons. The molecule has 0 amide bonds. The SMILES string of the molecule is COC1=N[C@H](C(C)C)C(OC)=N[C@H]1[C@](C)(O)[C@@H]1CC(C)=NO1. The van der Waals surface area contributed by atoms with Gasteiger partial charge >= 0.3 is 0 Å². The van der Waals surface area contributed by atoms with Crippen LogP contribution in [0.3, 0.4) is 0 Å². The highest BCUT2D eigenvalue weighted by molar-refractivity contribution is 5.95. The molecule has 2 rings (SSSR count). The molecule has 0 saturated carbocycles. The molecule has 7 nitrogen and oxygen atoms in total. The van der Waals surface area contributed by atoms with Crippen molar-refractivity contribution in [3.05, 3.63) is 0 Å². The maximum atomic E-state index is 11.0. The van der Waals surface area contributed by atoms with E-state index in [4.69, 9.17) is 14.3 Å². The van der Waals surface area contributed by atoms with E-state index in [1.807, 2.05) is 20.8 Å². The summed E-state index contributed by atoms with van der Waals surface area (Å²) < 4.78 is 10.8. The minimum atomic E-state index is -1.30. The number of rotatable bonds is 3. The molecule has 0 saturated heterocycles. The van der Waals surface area contributed by atoms with Crippen LogP contribution in [-0.2, 0) is 14.3 Å². The van der Waals surface area contributed by atoms with E-state index >= 15 is 0 Å². The predicted octanol–water partition coefficient (Wildman–Crippen LogP) is 1.40. The van der Waals surface area contributed by atoms with E-state index in [1.165, 1.54) is 7.11 Å². The van der Waals surface area contributed by atoms with Crippen LogP contribution in [0.25, 0.3) is 0 Å². The van der Waals surface area contributed by atoms with Gasteiger partial charge in [0.15, 0.2) is 12.1 Å².